The normalized spacial score (nSPS) is 10.9. The molecule has 70 valence electrons. The highest BCUT2D eigenvalue weighted by Crippen LogP contribution is 2.11. The van der Waals surface area contributed by atoms with Gasteiger partial charge in [-0.25, -0.2) is 0 Å². The van der Waals surface area contributed by atoms with Gasteiger partial charge in [-0.15, -0.1) is 0 Å². The van der Waals surface area contributed by atoms with Gasteiger partial charge in [0.05, 0.1) is 13.2 Å². The highest BCUT2D eigenvalue weighted by atomic mass is 16.3. The van der Waals surface area contributed by atoms with E-state index in [2.05, 4.69) is 11.9 Å². The molecular formula is C8H15NO3. The van der Waals surface area contributed by atoms with Crippen LogP contribution >= 0.6 is 0 Å². The highest BCUT2D eigenvalue weighted by molar-refractivity contribution is 5.86. The van der Waals surface area contributed by atoms with E-state index in [-0.39, 0.29) is 25.7 Å². The van der Waals surface area contributed by atoms with Crippen LogP contribution in [0.3, 0.4) is 0 Å². The van der Waals surface area contributed by atoms with Gasteiger partial charge in [0, 0.05) is 12.0 Å². The Kier molecular flexibility index (Phi) is 4.54. The summed E-state index contributed by atoms with van der Waals surface area (Å²) in [5.41, 5.74) is -0.654. The fourth-order valence-corrected chi connectivity index (χ4v) is 0.534. The Labute approximate surface area is 71.9 Å². The van der Waals surface area contributed by atoms with Crippen LogP contribution in [0.1, 0.15) is 6.92 Å². The number of nitrogens with one attached hydrogen (secondary N) is 1. The summed E-state index contributed by atoms with van der Waals surface area (Å²) in [6, 6.07) is 0. The first-order valence-electron chi connectivity index (χ1n) is 3.70. The molecule has 0 aliphatic rings. The summed E-state index contributed by atoms with van der Waals surface area (Å²) < 4.78 is 0. The smallest absolute Gasteiger partial charge is 0.243 e. The molecule has 4 nitrogen and oxygen atoms in total. The number of carbonyl (C=O) groups is 1. The van der Waals surface area contributed by atoms with Crippen molar-refractivity contribution in [3.63, 3.8) is 0 Å². The zero-order valence-corrected chi connectivity index (χ0v) is 7.21. The number of rotatable bonds is 5. The Morgan fingerprint density at radius 3 is 2.42 bits per heavy atom. The van der Waals surface area contributed by atoms with Crippen molar-refractivity contribution in [1.82, 2.24) is 5.32 Å². The minimum atomic E-state index is -0.654. The van der Waals surface area contributed by atoms with E-state index in [0.717, 1.165) is 6.08 Å². The maximum absolute atomic E-state index is 10.7. The van der Waals surface area contributed by atoms with E-state index in [1.165, 1.54) is 0 Å². The maximum atomic E-state index is 10.7. The minimum Gasteiger partial charge on any atom is -0.396 e. The first kappa shape index (κ1) is 11.1. The zero-order chi connectivity index (χ0) is 9.61. The summed E-state index contributed by atoms with van der Waals surface area (Å²) in [4.78, 5) is 10.7. The van der Waals surface area contributed by atoms with Gasteiger partial charge in [0.25, 0.3) is 0 Å². The molecule has 0 aliphatic heterocycles. The molecule has 0 spiro atoms. The Hall–Kier alpha value is -0.870. The van der Waals surface area contributed by atoms with E-state index in [1.54, 1.807) is 6.92 Å². The molecule has 0 aliphatic carbocycles. The van der Waals surface area contributed by atoms with E-state index in [0.29, 0.717) is 0 Å². The lowest BCUT2D eigenvalue weighted by atomic mass is 9.93. The first-order chi connectivity index (χ1) is 5.58. The van der Waals surface area contributed by atoms with Crippen LogP contribution in [-0.2, 0) is 4.79 Å². The third-order valence-electron chi connectivity index (χ3n) is 1.64. The summed E-state index contributed by atoms with van der Waals surface area (Å²) in [6.07, 6.45) is 1.15. The number of hydrogen-bond acceptors (Lipinski definition) is 3. The quantitative estimate of drug-likeness (QED) is 0.480. The molecule has 0 atom stereocenters. The largest absolute Gasteiger partial charge is 0.396 e. The van der Waals surface area contributed by atoms with Crippen LogP contribution in [0.15, 0.2) is 12.7 Å². The van der Waals surface area contributed by atoms with Crippen molar-refractivity contribution in [3.05, 3.63) is 12.7 Å². The lowest BCUT2D eigenvalue weighted by Gasteiger charge is -2.24. The van der Waals surface area contributed by atoms with Crippen LogP contribution < -0.4 is 5.32 Å². The Bertz CT molecular complexity index is 164. The third-order valence-corrected chi connectivity index (χ3v) is 1.64. The molecule has 0 rings (SSSR count). The standard InChI is InChI=1S/C8H15NO3/c1-3-7(12)9-4-8(2,5-10)6-11/h3,10-11H,1,4-6H2,2H3,(H,9,12). The molecule has 0 aromatic rings. The van der Waals surface area contributed by atoms with E-state index in [4.69, 9.17) is 10.2 Å². The van der Waals surface area contributed by atoms with Crippen molar-refractivity contribution in [1.29, 1.82) is 0 Å². The van der Waals surface area contributed by atoms with E-state index in [1.807, 2.05) is 0 Å². The van der Waals surface area contributed by atoms with Gasteiger partial charge in [0.15, 0.2) is 0 Å². The third kappa shape index (κ3) is 3.50. The van der Waals surface area contributed by atoms with Crippen molar-refractivity contribution < 1.29 is 15.0 Å². The molecule has 0 unspecified atom stereocenters. The predicted molar refractivity (Wildman–Crippen MR) is 45.5 cm³/mol. The second-order valence-corrected chi connectivity index (χ2v) is 3.05. The van der Waals surface area contributed by atoms with Gasteiger partial charge in [-0.3, -0.25) is 4.79 Å². The highest BCUT2D eigenvalue weighted by Gasteiger charge is 2.22. The molecule has 4 heteroatoms. The molecule has 0 radical (unpaired) electrons. The Morgan fingerprint density at radius 2 is 2.08 bits per heavy atom. The molecule has 0 fully saturated rings. The maximum Gasteiger partial charge on any atom is 0.243 e. The zero-order valence-electron chi connectivity index (χ0n) is 7.21. The van der Waals surface area contributed by atoms with Gasteiger partial charge in [-0.2, -0.15) is 0 Å². The summed E-state index contributed by atoms with van der Waals surface area (Å²) >= 11 is 0. The van der Waals surface area contributed by atoms with Gasteiger partial charge >= 0.3 is 0 Å². The van der Waals surface area contributed by atoms with Crippen LogP contribution in [0, 0.1) is 5.41 Å². The van der Waals surface area contributed by atoms with Crippen LogP contribution in [0.2, 0.25) is 0 Å². The van der Waals surface area contributed by atoms with Crippen molar-refractivity contribution in [3.8, 4) is 0 Å². The fraction of sp³-hybridized carbons (Fsp3) is 0.625. The van der Waals surface area contributed by atoms with Crippen molar-refractivity contribution in [2.24, 2.45) is 5.41 Å². The minimum absolute atomic E-state index is 0.166. The summed E-state index contributed by atoms with van der Waals surface area (Å²) in [7, 11) is 0. The molecule has 3 N–H and O–H groups in total. The molecule has 0 saturated heterocycles. The van der Waals surface area contributed by atoms with Gasteiger partial charge < -0.3 is 15.5 Å². The molecule has 12 heavy (non-hydrogen) atoms. The molecule has 0 saturated carbocycles. The van der Waals surface area contributed by atoms with Crippen molar-refractivity contribution in [2.45, 2.75) is 6.92 Å². The van der Waals surface area contributed by atoms with Crippen LogP contribution in [0.5, 0.6) is 0 Å². The lowest BCUT2D eigenvalue weighted by molar-refractivity contribution is -0.117. The van der Waals surface area contributed by atoms with Gasteiger partial charge in [0.1, 0.15) is 0 Å². The van der Waals surface area contributed by atoms with Crippen molar-refractivity contribution >= 4 is 5.91 Å². The molecule has 0 bridgehead atoms. The average Bonchev–Trinajstić information content (AvgIpc) is 2.13. The van der Waals surface area contributed by atoms with Crippen LogP contribution in [0.4, 0.5) is 0 Å². The lowest BCUT2D eigenvalue weighted by Crippen LogP contribution is -2.39. The average molecular weight is 173 g/mol. The van der Waals surface area contributed by atoms with E-state index >= 15 is 0 Å². The molecule has 0 heterocycles. The summed E-state index contributed by atoms with van der Waals surface area (Å²) in [6.45, 7) is 4.86. The number of carbonyl (C=O) groups excluding carboxylic acids is 1. The summed E-state index contributed by atoms with van der Waals surface area (Å²) in [5.74, 6) is -0.303. The fourth-order valence-electron chi connectivity index (χ4n) is 0.534. The number of aliphatic hydroxyl groups is 2. The SMILES string of the molecule is C=CC(=O)NCC(C)(CO)CO. The van der Waals surface area contributed by atoms with Crippen molar-refractivity contribution in [2.75, 3.05) is 19.8 Å². The van der Waals surface area contributed by atoms with Gasteiger partial charge in [-0.05, 0) is 6.08 Å². The molecule has 0 aromatic carbocycles. The molecule has 1 amide bonds. The number of aliphatic hydroxyl groups excluding tert-OH is 2. The predicted octanol–water partition coefficient (Wildman–Crippen LogP) is -0.720. The van der Waals surface area contributed by atoms with E-state index < -0.39 is 5.41 Å². The topological polar surface area (TPSA) is 69.6 Å². The monoisotopic (exact) mass is 173 g/mol. The Balaban J connectivity index is 3.88. The molecule has 0 aromatic heterocycles. The second-order valence-electron chi connectivity index (χ2n) is 3.05. The van der Waals surface area contributed by atoms with E-state index in [9.17, 15) is 4.79 Å². The van der Waals surface area contributed by atoms with Gasteiger partial charge in [0.2, 0.25) is 5.91 Å². The number of amides is 1. The van der Waals surface area contributed by atoms with Crippen LogP contribution in [-0.4, -0.2) is 35.9 Å². The second kappa shape index (κ2) is 4.90. The van der Waals surface area contributed by atoms with Gasteiger partial charge in [-0.1, -0.05) is 13.5 Å². The Morgan fingerprint density at radius 1 is 1.58 bits per heavy atom. The first-order valence-corrected chi connectivity index (χ1v) is 3.70. The summed E-state index contributed by atoms with van der Waals surface area (Å²) in [5, 5.41) is 20.2. The van der Waals surface area contributed by atoms with Crippen LogP contribution in [0.25, 0.3) is 0 Å². The number of hydrogen-bond donors (Lipinski definition) is 3. The molecular weight excluding hydrogens is 158 g/mol.